The molecule has 7 heteroatoms. The molecule has 29 heavy (non-hydrogen) atoms. The Kier molecular flexibility index (Phi) is 7.89. The monoisotopic (exact) mass is 403 g/mol. The lowest BCUT2D eigenvalue weighted by atomic mass is 10.0. The van der Waals surface area contributed by atoms with Crippen molar-refractivity contribution in [2.75, 3.05) is 45.9 Å². The molecule has 0 spiro atoms. The number of hydrogen-bond donors (Lipinski definition) is 0. The highest BCUT2D eigenvalue weighted by Gasteiger charge is 2.34. The van der Waals surface area contributed by atoms with Gasteiger partial charge in [-0.05, 0) is 32.3 Å². The molecule has 1 unspecified atom stereocenters. The molecule has 2 heterocycles. The maximum Gasteiger partial charge on any atom is 0.410 e. The van der Waals surface area contributed by atoms with Crippen molar-refractivity contribution in [3.8, 4) is 0 Å². The van der Waals surface area contributed by atoms with Gasteiger partial charge in [0.1, 0.15) is 12.7 Å². The van der Waals surface area contributed by atoms with Crippen LogP contribution in [-0.4, -0.2) is 84.7 Å². The van der Waals surface area contributed by atoms with Crippen molar-refractivity contribution in [3.63, 3.8) is 0 Å². The van der Waals surface area contributed by atoms with Gasteiger partial charge in [0.15, 0.2) is 0 Å². The van der Waals surface area contributed by atoms with E-state index in [4.69, 9.17) is 9.47 Å². The van der Waals surface area contributed by atoms with E-state index in [9.17, 15) is 9.59 Å². The van der Waals surface area contributed by atoms with Crippen LogP contribution in [0.1, 0.15) is 32.3 Å². The molecule has 2 fully saturated rings. The SMILES string of the molecule is CCN(CC)C(=O)C1CN(C2CCN(C(=O)OCc3ccccc3)CC2)CCO1. The molecule has 2 saturated heterocycles. The summed E-state index contributed by atoms with van der Waals surface area (Å²) < 4.78 is 11.2. The van der Waals surface area contributed by atoms with Gasteiger partial charge in [0.25, 0.3) is 5.91 Å². The first-order valence-electron chi connectivity index (χ1n) is 10.7. The third-order valence-electron chi connectivity index (χ3n) is 5.89. The highest BCUT2D eigenvalue weighted by molar-refractivity contribution is 5.81. The number of likely N-dealkylation sites (N-methyl/N-ethyl adjacent to an activating group) is 1. The number of carbonyl (C=O) groups is 2. The fourth-order valence-corrected chi connectivity index (χ4v) is 4.11. The van der Waals surface area contributed by atoms with Crippen molar-refractivity contribution in [2.45, 2.75) is 45.4 Å². The largest absolute Gasteiger partial charge is 0.445 e. The average Bonchev–Trinajstić information content (AvgIpc) is 2.79. The summed E-state index contributed by atoms with van der Waals surface area (Å²) in [5, 5.41) is 0. The summed E-state index contributed by atoms with van der Waals surface area (Å²) in [6, 6.07) is 10.1. The second-order valence-electron chi connectivity index (χ2n) is 7.62. The Morgan fingerprint density at radius 2 is 1.79 bits per heavy atom. The number of likely N-dealkylation sites (tertiary alicyclic amines) is 1. The average molecular weight is 404 g/mol. The van der Waals surface area contributed by atoms with Gasteiger partial charge in [-0.25, -0.2) is 4.79 Å². The molecule has 160 valence electrons. The zero-order valence-corrected chi connectivity index (χ0v) is 17.6. The molecular weight excluding hydrogens is 370 g/mol. The van der Waals surface area contributed by atoms with Gasteiger partial charge in [0.2, 0.25) is 0 Å². The minimum Gasteiger partial charge on any atom is -0.445 e. The van der Waals surface area contributed by atoms with E-state index in [1.54, 1.807) is 4.90 Å². The van der Waals surface area contributed by atoms with Gasteiger partial charge in [-0.15, -0.1) is 0 Å². The standard InChI is InChI=1S/C22H33N3O4/c1-3-23(4-2)21(26)20-16-25(14-15-28-20)19-10-12-24(13-11-19)22(27)29-17-18-8-6-5-7-9-18/h5-9,19-20H,3-4,10-17H2,1-2H3. The van der Waals surface area contributed by atoms with E-state index in [1.807, 2.05) is 49.1 Å². The lowest BCUT2D eigenvalue weighted by Crippen LogP contribution is -2.55. The summed E-state index contributed by atoms with van der Waals surface area (Å²) >= 11 is 0. The van der Waals surface area contributed by atoms with Crippen LogP contribution in [0.25, 0.3) is 0 Å². The van der Waals surface area contributed by atoms with Gasteiger partial charge in [-0.2, -0.15) is 0 Å². The van der Waals surface area contributed by atoms with Gasteiger partial charge in [0.05, 0.1) is 6.61 Å². The van der Waals surface area contributed by atoms with Crippen LogP contribution < -0.4 is 0 Å². The number of hydrogen-bond acceptors (Lipinski definition) is 5. The molecule has 0 radical (unpaired) electrons. The summed E-state index contributed by atoms with van der Waals surface area (Å²) in [4.78, 5) is 31.0. The molecule has 0 aliphatic carbocycles. The molecule has 0 aromatic heterocycles. The van der Waals surface area contributed by atoms with E-state index >= 15 is 0 Å². The van der Waals surface area contributed by atoms with Crippen molar-refractivity contribution >= 4 is 12.0 Å². The minimum absolute atomic E-state index is 0.0848. The Labute approximate surface area is 173 Å². The van der Waals surface area contributed by atoms with E-state index in [1.165, 1.54) is 0 Å². The molecule has 3 rings (SSSR count). The molecule has 0 bridgehead atoms. The van der Waals surface area contributed by atoms with Crippen molar-refractivity contribution in [1.29, 1.82) is 0 Å². The van der Waals surface area contributed by atoms with Gasteiger partial charge in [0, 0.05) is 45.3 Å². The topological polar surface area (TPSA) is 62.3 Å². The third-order valence-corrected chi connectivity index (χ3v) is 5.89. The summed E-state index contributed by atoms with van der Waals surface area (Å²) in [7, 11) is 0. The first kappa shape index (κ1) is 21.6. The van der Waals surface area contributed by atoms with Gasteiger partial charge in [-0.1, -0.05) is 30.3 Å². The van der Waals surface area contributed by atoms with Gasteiger partial charge in [-0.3, -0.25) is 9.69 Å². The first-order valence-corrected chi connectivity index (χ1v) is 10.7. The number of nitrogens with zero attached hydrogens (tertiary/aromatic N) is 3. The molecule has 1 aromatic rings. The molecule has 7 nitrogen and oxygen atoms in total. The smallest absolute Gasteiger partial charge is 0.410 e. The number of morpholine rings is 1. The summed E-state index contributed by atoms with van der Waals surface area (Å²) in [6.07, 6.45) is 1.17. The lowest BCUT2D eigenvalue weighted by molar-refractivity contribution is -0.150. The van der Waals surface area contributed by atoms with Gasteiger partial charge >= 0.3 is 6.09 Å². The number of amides is 2. The van der Waals surface area contributed by atoms with Crippen LogP contribution in [-0.2, 0) is 20.9 Å². The number of benzene rings is 1. The lowest BCUT2D eigenvalue weighted by Gasteiger charge is -2.42. The van der Waals surface area contributed by atoms with Crippen LogP contribution in [0.5, 0.6) is 0 Å². The molecule has 2 amide bonds. The Balaban J connectivity index is 1.45. The fourth-order valence-electron chi connectivity index (χ4n) is 4.11. The Morgan fingerprint density at radius 3 is 2.45 bits per heavy atom. The zero-order valence-electron chi connectivity index (χ0n) is 17.6. The van der Waals surface area contributed by atoms with E-state index < -0.39 is 0 Å². The molecule has 0 saturated carbocycles. The van der Waals surface area contributed by atoms with E-state index in [-0.39, 0.29) is 18.1 Å². The van der Waals surface area contributed by atoms with E-state index in [0.29, 0.717) is 52.0 Å². The van der Waals surface area contributed by atoms with Crippen molar-refractivity contribution in [3.05, 3.63) is 35.9 Å². The maximum atomic E-state index is 12.6. The van der Waals surface area contributed by atoms with Gasteiger partial charge < -0.3 is 19.3 Å². The summed E-state index contributed by atoms with van der Waals surface area (Å²) in [5.41, 5.74) is 0.993. The second kappa shape index (κ2) is 10.6. The predicted molar refractivity (Wildman–Crippen MR) is 110 cm³/mol. The second-order valence-corrected chi connectivity index (χ2v) is 7.62. The Hall–Kier alpha value is -2.12. The van der Waals surface area contributed by atoms with E-state index in [0.717, 1.165) is 24.9 Å². The zero-order chi connectivity index (χ0) is 20.6. The fraction of sp³-hybridized carbons (Fsp3) is 0.636. The van der Waals surface area contributed by atoms with Crippen LogP contribution in [0, 0.1) is 0 Å². The Bertz CT molecular complexity index is 657. The quantitative estimate of drug-likeness (QED) is 0.730. The first-order chi connectivity index (χ1) is 14.1. The van der Waals surface area contributed by atoms with Crippen LogP contribution in [0.4, 0.5) is 4.79 Å². The van der Waals surface area contributed by atoms with Crippen LogP contribution >= 0.6 is 0 Å². The van der Waals surface area contributed by atoms with E-state index in [2.05, 4.69) is 4.90 Å². The molecule has 1 aromatic carbocycles. The van der Waals surface area contributed by atoms with Crippen molar-refractivity contribution in [2.24, 2.45) is 0 Å². The highest BCUT2D eigenvalue weighted by Crippen LogP contribution is 2.21. The molecule has 1 atom stereocenters. The van der Waals surface area contributed by atoms with Crippen molar-refractivity contribution in [1.82, 2.24) is 14.7 Å². The number of ether oxygens (including phenoxy) is 2. The molecule has 2 aliphatic rings. The number of piperidine rings is 1. The number of carbonyl (C=O) groups excluding carboxylic acids is 2. The number of rotatable bonds is 6. The van der Waals surface area contributed by atoms with Crippen LogP contribution in [0.2, 0.25) is 0 Å². The minimum atomic E-state index is -0.377. The Morgan fingerprint density at radius 1 is 1.10 bits per heavy atom. The summed E-state index contributed by atoms with van der Waals surface area (Å²) in [6.45, 7) is 9.13. The normalized spacial score (nSPS) is 21.0. The van der Waals surface area contributed by atoms with Crippen LogP contribution in [0.15, 0.2) is 30.3 Å². The molecular formula is C22H33N3O4. The van der Waals surface area contributed by atoms with Crippen LogP contribution in [0.3, 0.4) is 0 Å². The predicted octanol–water partition coefficient (Wildman–Crippen LogP) is 2.36. The maximum absolute atomic E-state index is 12.6. The third kappa shape index (κ3) is 5.70. The van der Waals surface area contributed by atoms with Crippen molar-refractivity contribution < 1.29 is 19.1 Å². The highest BCUT2D eigenvalue weighted by atomic mass is 16.6. The molecule has 2 aliphatic heterocycles. The molecule has 0 N–H and O–H groups in total. The summed E-state index contributed by atoms with van der Waals surface area (Å²) in [5.74, 6) is 0.0848.